The average molecular weight is 337 g/mol. The standard InChI is InChI=1S/C19H20FN5/c1-13-21-18(23-14-8-10-15(11-9-14)25(2)3)12-19(22-13)24-17-7-5-4-6-16(17)20/h4-12H,1-3H3,(H2,21,22,23,24). The molecule has 0 spiro atoms. The van der Waals surface area contributed by atoms with Gasteiger partial charge in [-0.2, -0.15) is 0 Å². The molecule has 2 N–H and O–H groups in total. The lowest BCUT2D eigenvalue weighted by Crippen LogP contribution is -2.08. The predicted molar refractivity (Wildman–Crippen MR) is 101 cm³/mol. The molecule has 0 bridgehead atoms. The predicted octanol–water partition coefficient (Wildman–Crippen LogP) is 4.48. The van der Waals surface area contributed by atoms with Crippen molar-refractivity contribution in [2.75, 3.05) is 29.6 Å². The Hall–Kier alpha value is -3.15. The van der Waals surface area contributed by atoms with Gasteiger partial charge in [0.1, 0.15) is 23.3 Å². The molecule has 0 aliphatic carbocycles. The molecule has 6 heteroatoms. The molecule has 0 fully saturated rings. The molecule has 0 atom stereocenters. The topological polar surface area (TPSA) is 53.1 Å². The number of aromatic nitrogens is 2. The number of hydrogen-bond acceptors (Lipinski definition) is 5. The number of aryl methyl sites for hydroxylation is 1. The lowest BCUT2D eigenvalue weighted by Gasteiger charge is -2.14. The minimum absolute atomic E-state index is 0.326. The molecule has 0 unspecified atom stereocenters. The van der Waals surface area contributed by atoms with Crippen molar-refractivity contribution in [3.8, 4) is 0 Å². The van der Waals surface area contributed by atoms with Gasteiger partial charge in [-0.25, -0.2) is 14.4 Å². The number of rotatable bonds is 5. The van der Waals surface area contributed by atoms with Gasteiger partial charge in [0.2, 0.25) is 0 Å². The summed E-state index contributed by atoms with van der Waals surface area (Å²) in [5, 5.41) is 6.24. The summed E-state index contributed by atoms with van der Waals surface area (Å²) in [5.74, 6) is 1.44. The Balaban J connectivity index is 1.80. The fourth-order valence-electron chi connectivity index (χ4n) is 2.39. The quantitative estimate of drug-likeness (QED) is 0.719. The van der Waals surface area contributed by atoms with Crippen LogP contribution in [0, 0.1) is 12.7 Å². The normalized spacial score (nSPS) is 10.4. The van der Waals surface area contributed by atoms with Gasteiger partial charge < -0.3 is 15.5 Å². The lowest BCUT2D eigenvalue weighted by molar-refractivity contribution is 0.632. The Kier molecular flexibility index (Phi) is 4.79. The number of halogens is 1. The van der Waals surface area contributed by atoms with Crippen molar-refractivity contribution in [1.29, 1.82) is 0 Å². The molecule has 0 amide bonds. The fourth-order valence-corrected chi connectivity index (χ4v) is 2.39. The second kappa shape index (κ2) is 7.17. The molecule has 0 saturated heterocycles. The van der Waals surface area contributed by atoms with Crippen LogP contribution in [0.3, 0.4) is 0 Å². The van der Waals surface area contributed by atoms with E-state index in [-0.39, 0.29) is 5.82 Å². The number of anilines is 5. The van der Waals surface area contributed by atoms with E-state index in [0.717, 1.165) is 11.4 Å². The number of nitrogens with one attached hydrogen (secondary N) is 2. The van der Waals surface area contributed by atoms with E-state index in [1.54, 1.807) is 31.2 Å². The van der Waals surface area contributed by atoms with Crippen molar-refractivity contribution in [3.63, 3.8) is 0 Å². The highest BCUT2D eigenvalue weighted by Crippen LogP contribution is 2.23. The van der Waals surface area contributed by atoms with Crippen LogP contribution in [0.4, 0.5) is 33.1 Å². The SMILES string of the molecule is Cc1nc(Nc2ccc(N(C)C)cc2)cc(Nc2ccccc2F)n1. The van der Waals surface area contributed by atoms with E-state index < -0.39 is 0 Å². The van der Waals surface area contributed by atoms with Crippen LogP contribution < -0.4 is 15.5 Å². The largest absolute Gasteiger partial charge is 0.378 e. The number of benzene rings is 2. The highest BCUT2D eigenvalue weighted by molar-refractivity contribution is 5.65. The van der Waals surface area contributed by atoms with Gasteiger partial charge in [-0.15, -0.1) is 0 Å². The van der Waals surface area contributed by atoms with Crippen LogP contribution in [0.25, 0.3) is 0 Å². The van der Waals surface area contributed by atoms with Crippen molar-refractivity contribution >= 4 is 28.7 Å². The molecule has 128 valence electrons. The minimum atomic E-state index is -0.326. The van der Waals surface area contributed by atoms with Gasteiger partial charge in [0.25, 0.3) is 0 Å². The summed E-state index contributed by atoms with van der Waals surface area (Å²) in [4.78, 5) is 10.7. The van der Waals surface area contributed by atoms with Crippen LogP contribution in [0.5, 0.6) is 0 Å². The van der Waals surface area contributed by atoms with Gasteiger partial charge in [-0.3, -0.25) is 0 Å². The molecular formula is C19H20FN5. The Morgan fingerprint density at radius 2 is 1.52 bits per heavy atom. The highest BCUT2D eigenvalue weighted by Gasteiger charge is 2.06. The number of para-hydroxylation sites is 1. The number of hydrogen-bond donors (Lipinski definition) is 2. The molecule has 0 radical (unpaired) electrons. The average Bonchev–Trinajstić information content (AvgIpc) is 2.57. The summed E-state index contributed by atoms with van der Waals surface area (Å²) in [6.07, 6.45) is 0. The first-order valence-electron chi connectivity index (χ1n) is 7.93. The van der Waals surface area contributed by atoms with Crippen molar-refractivity contribution in [2.24, 2.45) is 0 Å². The van der Waals surface area contributed by atoms with E-state index >= 15 is 0 Å². The highest BCUT2D eigenvalue weighted by atomic mass is 19.1. The molecule has 25 heavy (non-hydrogen) atoms. The van der Waals surface area contributed by atoms with Gasteiger partial charge in [-0.1, -0.05) is 12.1 Å². The third kappa shape index (κ3) is 4.23. The van der Waals surface area contributed by atoms with Crippen LogP contribution in [-0.4, -0.2) is 24.1 Å². The second-order valence-electron chi connectivity index (χ2n) is 5.86. The number of nitrogens with zero attached hydrogens (tertiary/aromatic N) is 3. The Morgan fingerprint density at radius 3 is 2.16 bits per heavy atom. The first-order valence-corrected chi connectivity index (χ1v) is 7.93. The molecule has 3 aromatic rings. The summed E-state index contributed by atoms with van der Waals surface area (Å²) in [6, 6.07) is 16.2. The summed E-state index contributed by atoms with van der Waals surface area (Å²) < 4.78 is 13.8. The van der Waals surface area contributed by atoms with Crippen molar-refractivity contribution in [1.82, 2.24) is 9.97 Å². The van der Waals surface area contributed by atoms with Gasteiger partial charge >= 0.3 is 0 Å². The third-order valence-corrected chi connectivity index (χ3v) is 3.63. The Morgan fingerprint density at radius 1 is 0.880 bits per heavy atom. The second-order valence-corrected chi connectivity index (χ2v) is 5.86. The monoisotopic (exact) mass is 337 g/mol. The van der Waals surface area contributed by atoms with E-state index in [0.29, 0.717) is 23.1 Å². The molecule has 3 rings (SSSR count). The van der Waals surface area contributed by atoms with E-state index in [9.17, 15) is 4.39 Å². The molecule has 0 saturated carbocycles. The van der Waals surface area contributed by atoms with Crippen LogP contribution in [0.2, 0.25) is 0 Å². The zero-order valence-corrected chi connectivity index (χ0v) is 14.4. The van der Waals surface area contributed by atoms with Crippen LogP contribution in [0.15, 0.2) is 54.6 Å². The van der Waals surface area contributed by atoms with Gasteiger partial charge in [-0.05, 0) is 43.3 Å². The molecule has 0 aliphatic rings. The smallest absolute Gasteiger partial charge is 0.146 e. The molecule has 2 aromatic carbocycles. The molecule has 5 nitrogen and oxygen atoms in total. The summed E-state index contributed by atoms with van der Waals surface area (Å²) in [5.41, 5.74) is 2.41. The summed E-state index contributed by atoms with van der Waals surface area (Å²) >= 11 is 0. The van der Waals surface area contributed by atoms with Crippen LogP contribution in [0.1, 0.15) is 5.82 Å². The Bertz CT molecular complexity index is 862. The van der Waals surface area contributed by atoms with E-state index in [1.807, 2.05) is 43.3 Å². The summed E-state index contributed by atoms with van der Waals surface area (Å²) in [7, 11) is 3.99. The fraction of sp³-hybridized carbons (Fsp3) is 0.158. The van der Waals surface area contributed by atoms with Gasteiger partial charge in [0.05, 0.1) is 5.69 Å². The third-order valence-electron chi connectivity index (χ3n) is 3.63. The maximum atomic E-state index is 13.8. The van der Waals surface area contributed by atoms with Crippen molar-refractivity contribution in [2.45, 2.75) is 6.92 Å². The molecular weight excluding hydrogens is 317 g/mol. The lowest BCUT2D eigenvalue weighted by atomic mass is 10.2. The van der Waals surface area contributed by atoms with Crippen molar-refractivity contribution in [3.05, 3.63) is 66.2 Å². The van der Waals surface area contributed by atoms with E-state index in [4.69, 9.17) is 0 Å². The molecule has 1 heterocycles. The van der Waals surface area contributed by atoms with Gasteiger partial charge in [0, 0.05) is 31.5 Å². The van der Waals surface area contributed by atoms with Crippen LogP contribution in [-0.2, 0) is 0 Å². The first kappa shape index (κ1) is 16.7. The van der Waals surface area contributed by atoms with E-state index in [2.05, 4.69) is 20.6 Å². The zero-order chi connectivity index (χ0) is 17.8. The van der Waals surface area contributed by atoms with Crippen molar-refractivity contribution < 1.29 is 4.39 Å². The molecule has 1 aromatic heterocycles. The Labute approximate surface area is 146 Å². The van der Waals surface area contributed by atoms with Crippen LogP contribution >= 0.6 is 0 Å². The molecule has 0 aliphatic heterocycles. The minimum Gasteiger partial charge on any atom is -0.378 e. The van der Waals surface area contributed by atoms with E-state index in [1.165, 1.54) is 6.07 Å². The first-order chi connectivity index (χ1) is 12.0. The summed E-state index contributed by atoms with van der Waals surface area (Å²) in [6.45, 7) is 1.80. The maximum Gasteiger partial charge on any atom is 0.146 e. The zero-order valence-electron chi connectivity index (χ0n) is 14.4. The van der Waals surface area contributed by atoms with Gasteiger partial charge in [0.15, 0.2) is 0 Å². The maximum absolute atomic E-state index is 13.8.